The van der Waals surface area contributed by atoms with Gasteiger partial charge in [0.25, 0.3) is 0 Å². The van der Waals surface area contributed by atoms with Gasteiger partial charge in [0.05, 0.1) is 0 Å². The Hall–Kier alpha value is 0.180. The van der Waals surface area contributed by atoms with Gasteiger partial charge in [-0.2, -0.15) is 0 Å². The third-order valence-electron chi connectivity index (χ3n) is 2.70. The van der Waals surface area contributed by atoms with Crippen LogP contribution in [0.25, 0.3) is 0 Å². The molecule has 0 aliphatic heterocycles. The summed E-state index contributed by atoms with van der Waals surface area (Å²) < 4.78 is 1.14. The largest absolute Gasteiger partial charge is 0.0836 e. The molecule has 14 heavy (non-hydrogen) atoms. The molecule has 0 heterocycles. The molecule has 0 saturated carbocycles. The molecule has 78 valence electrons. The first-order valence-corrected chi connectivity index (χ1v) is 6.62. The van der Waals surface area contributed by atoms with E-state index in [9.17, 15) is 0 Å². The second-order valence-corrected chi connectivity index (χ2v) is 5.96. The minimum absolute atomic E-state index is 0.454. The molecule has 1 aromatic carbocycles. The first-order valence-electron chi connectivity index (χ1n) is 4.92. The number of halogens is 2. The maximum Gasteiger partial charge on any atom is 0.0423 e. The minimum atomic E-state index is 0.454. The predicted octanol–water partition coefficient (Wildman–Crippen LogP) is 5.18. The lowest BCUT2D eigenvalue weighted by atomic mass is 9.91. The van der Waals surface area contributed by atoms with Gasteiger partial charge in [-0.15, -0.1) is 0 Å². The minimum Gasteiger partial charge on any atom is -0.0836 e. The lowest BCUT2D eigenvalue weighted by molar-refractivity contribution is 0.414. The Morgan fingerprint density at radius 1 is 1.00 bits per heavy atom. The van der Waals surface area contributed by atoms with Gasteiger partial charge in [0.2, 0.25) is 0 Å². The number of hydrogen-bond donors (Lipinski definition) is 0. The molecular formula is C12H16Br2. The Bertz CT molecular complexity index is 277. The number of rotatable bonds is 3. The van der Waals surface area contributed by atoms with Crippen LogP contribution in [0.15, 0.2) is 28.7 Å². The predicted molar refractivity (Wildman–Crippen MR) is 69.8 cm³/mol. The van der Waals surface area contributed by atoms with E-state index in [2.05, 4.69) is 76.9 Å². The average molecular weight is 320 g/mol. The first kappa shape index (κ1) is 12.3. The van der Waals surface area contributed by atoms with Gasteiger partial charge in [-0.05, 0) is 29.5 Å². The Labute approximate surface area is 103 Å². The highest BCUT2D eigenvalue weighted by Crippen LogP contribution is 2.35. The molecule has 0 nitrogen and oxygen atoms in total. The van der Waals surface area contributed by atoms with Gasteiger partial charge in [0.1, 0.15) is 0 Å². The normalized spacial score (nSPS) is 15.6. The van der Waals surface area contributed by atoms with E-state index in [0.29, 0.717) is 16.7 Å². The average Bonchev–Trinajstić information content (AvgIpc) is 2.16. The quantitative estimate of drug-likeness (QED) is 0.674. The van der Waals surface area contributed by atoms with Crippen molar-refractivity contribution in [3.05, 3.63) is 34.3 Å². The Balaban J connectivity index is 2.78. The van der Waals surface area contributed by atoms with Crippen molar-refractivity contribution in [3.8, 4) is 0 Å². The lowest BCUT2D eigenvalue weighted by Gasteiger charge is -2.22. The zero-order chi connectivity index (χ0) is 10.7. The summed E-state index contributed by atoms with van der Waals surface area (Å²) in [6.07, 6.45) is 0. The lowest BCUT2D eigenvalue weighted by Crippen LogP contribution is -2.10. The van der Waals surface area contributed by atoms with Crippen LogP contribution < -0.4 is 0 Å². The number of alkyl halides is 1. The topological polar surface area (TPSA) is 0 Å². The van der Waals surface area contributed by atoms with E-state index in [1.165, 1.54) is 5.56 Å². The number of hydrogen-bond acceptors (Lipinski definition) is 0. The van der Waals surface area contributed by atoms with Crippen LogP contribution in [0.2, 0.25) is 0 Å². The highest BCUT2D eigenvalue weighted by atomic mass is 79.9. The molecule has 2 heteroatoms. The third-order valence-corrected chi connectivity index (χ3v) is 4.59. The molecule has 0 saturated heterocycles. The molecule has 0 bridgehead atoms. The summed E-state index contributed by atoms with van der Waals surface area (Å²) in [4.78, 5) is 0.454. The van der Waals surface area contributed by atoms with Gasteiger partial charge in [0.15, 0.2) is 0 Å². The van der Waals surface area contributed by atoms with Crippen LogP contribution in [0.5, 0.6) is 0 Å². The summed E-state index contributed by atoms with van der Waals surface area (Å²) in [5.74, 6) is 1.35. The number of benzene rings is 1. The van der Waals surface area contributed by atoms with Gasteiger partial charge >= 0.3 is 0 Å². The Morgan fingerprint density at radius 2 is 1.50 bits per heavy atom. The zero-order valence-electron chi connectivity index (χ0n) is 8.80. The maximum atomic E-state index is 3.76. The maximum absolute atomic E-state index is 3.76. The van der Waals surface area contributed by atoms with Crippen molar-refractivity contribution in [3.63, 3.8) is 0 Å². The van der Waals surface area contributed by atoms with E-state index in [0.717, 1.165) is 4.47 Å². The Morgan fingerprint density at radius 3 is 1.93 bits per heavy atom. The van der Waals surface area contributed by atoms with E-state index >= 15 is 0 Å². The third kappa shape index (κ3) is 3.09. The molecule has 2 unspecified atom stereocenters. The van der Waals surface area contributed by atoms with Crippen LogP contribution >= 0.6 is 31.9 Å². The fourth-order valence-electron chi connectivity index (χ4n) is 1.29. The molecule has 0 aliphatic rings. The van der Waals surface area contributed by atoms with Crippen molar-refractivity contribution >= 4 is 31.9 Å². The molecule has 0 radical (unpaired) electrons. The smallest absolute Gasteiger partial charge is 0.0423 e. The van der Waals surface area contributed by atoms with Gasteiger partial charge in [-0.1, -0.05) is 64.8 Å². The second-order valence-electron chi connectivity index (χ2n) is 4.06. The van der Waals surface area contributed by atoms with Crippen LogP contribution in [0.4, 0.5) is 0 Å². The van der Waals surface area contributed by atoms with Gasteiger partial charge in [-0.25, -0.2) is 0 Å². The molecule has 1 aromatic rings. The highest BCUT2D eigenvalue weighted by molar-refractivity contribution is 9.10. The van der Waals surface area contributed by atoms with E-state index < -0.39 is 0 Å². The summed E-state index contributed by atoms with van der Waals surface area (Å²) in [5.41, 5.74) is 1.36. The van der Waals surface area contributed by atoms with Crippen molar-refractivity contribution in [2.45, 2.75) is 25.6 Å². The van der Waals surface area contributed by atoms with Gasteiger partial charge in [-0.3, -0.25) is 0 Å². The molecule has 0 aromatic heterocycles. The Kier molecular flexibility index (Phi) is 4.65. The summed E-state index contributed by atoms with van der Waals surface area (Å²) >= 11 is 7.21. The van der Waals surface area contributed by atoms with Gasteiger partial charge in [0, 0.05) is 9.30 Å². The monoisotopic (exact) mass is 318 g/mol. The molecule has 0 spiro atoms. The first-order chi connectivity index (χ1) is 6.52. The van der Waals surface area contributed by atoms with Crippen molar-refractivity contribution in [1.82, 2.24) is 0 Å². The summed E-state index contributed by atoms with van der Waals surface area (Å²) in [6.45, 7) is 6.81. The van der Waals surface area contributed by atoms with Crippen LogP contribution in [0.1, 0.15) is 31.2 Å². The SMILES string of the molecule is CC(C)C(C)C(Br)c1ccc(Br)cc1. The zero-order valence-corrected chi connectivity index (χ0v) is 12.0. The standard InChI is InChI=1S/C12H16Br2/c1-8(2)9(3)12(14)10-4-6-11(13)7-5-10/h4-9,12H,1-3H3. The molecule has 0 N–H and O–H groups in total. The summed E-state index contributed by atoms with van der Waals surface area (Å²) in [6, 6.07) is 8.53. The van der Waals surface area contributed by atoms with Crippen LogP contribution in [-0.4, -0.2) is 0 Å². The summed E-state index contributed by atoms with van der Waals surface area (Å²) in [5, 5.41) is 0. The van der Waals surface area contributed by atoms with Crippen LogP contribution in [0.3, 0.4) is 0 Å². The fraction of sp³-hybridized carbons (Fsp3) is 0.500. The van der Waals surface area contributed by atoms with Crippen molar-refractivity contribution < 1.29 is 0 Å². The van der Waals surface area contributed by atoms with Crippen LogP contribution in [-0.2, 0) is 0 Å². The highest BCUT2D eigenvalue weighted by Gasteiger charge is 2.18. The van der Waals surface area contributed by atoms with Crippen LogP contribution in [0, 0.1) is 11.8 Å². The summed E-state index contributed by atoms with van der Waals surface area (Å²) in [7, 11) is 0. The van der Waals surface area contributed by atoms with Crippen molar-refractivity contribution in [2.24, 2.45) is 11.8 Å². The van der Waals surface area contributed by atoms with E-state index in [-0.39, 0.29) is 0 Å². The molecule has 0 amide bonds. The molecule has 2 atom stereocenters. The molecule has 0 aliphatic carbocycles. The van der Waals surface area contributed by atoms with E-state index in [4.69, 9.17) is 0 Å². The van der Waals surface area contributed by atoms with E-state index in [1.807, 2.05) is 0 Å². The molecule has 0 fully saturated rings. The second kappa shape index (κ2) is 5.32. The molecular weight excluding hydrogens is 304 g/mol. The fourth-order valence-corrected chi connectivity index (χ4v) is 2.47. The van der Waals surface area contributed by atoms with Gasteiger partial charge < -0.3 is 0 Å². The van der Waals surface area contributed by atoms with Crippen molar-refractivity contribution in [2.75, 3.05) is 0 Å². The van der Waals surface area contributed by atoms with E-state index in [1.54, 1.807) is 0 Å². The molecule has 1 rings (SSSR count). The van der Waals surface area contributed by atoms with Crippen molar-refractivity contribution in [1.29, 1.82) is 0 Å².